The Labute approximate surface area is 120 Å². The third-order valence-electron chi connectivity index (χ3n) is 3.01. The molecule has 3 heteroatoms. The van der Waals surface area contributed by atoms with Crippen LogP contribution in [0.4, 0.5) is 4.39 Å². The maximum absolute atomic E-state index is 13.4. The summed E-state index contributed by atoms with van der Waals surface area (Å²) in [6.07, 6.45) is 0. The van der Waals surface area contributed by atoms with Crippen LogP contribution in [-0.2, 0) is 5.60 Å². The fourth-order valence-corrected chi connectivity index (χ4v) is 2.32. The molecule has 2 aromatic carbocycles. The molecule has 0 heterocycles. The van der Waals surface area contributed by atoms with Gasteiger partial charge in [0.05, 0.1) is 0 Å². The zero-order valence-electron chi connectivity index (χ0n) is 10.2. The molecule has 0 bridgehead atoms. The molecule has 0 spiro atoms. The van der Waals surface area contributed by atoms with E-state index in [2.05, 4.69) is 22.6 Å². The van der Waals surface area contributed by atoms with Crippen molar-refractivity contribution in [3.05, 3.63) is 68.5 Å². The summed E-state index contributed by atoms with van der Waals surface area (Å²) in [7, 11) is 0. The quantitative estimate of drug-likeness (QED) is 0.807. The summed E-state index contributed by atoms with van der Waals surface area (Å²) in [5.74, 6) is -0.323. The minimum absolute atomic E-state index is 0.323. The fourth-order valence-electron chi connectivity index (χ4n) is 1.96. The molecule has 0 radical (unpaired) electrons. The standard InChI is InChI=1S/C15H14FIO/c1-10-7-12(9-13(16)8-10)15(2,18)11-3-5-14(17)6-4-11/h3-9,18H,1-2H3. The van der Waals surface area contributed by atoms with Crippen LogP contribution in [0.3, 0.4) is 0 Å². The molecule has 0 fully saturated rings. The number of rotatable bonds is 2. The van der Waals surface area contributed by atoms with Gasteiger partial charge in [0.15, 0.2) is 0 Å². The Bertz CT molecular complexity index is 541. The van der Waals surface area contributed by atoms with Gasteiger partial charge in [0.25, 0.3) is 0 Å². The summed E-state index contributed by atoms with van der Waals surface area (Å²) in [4.78, 5) is 0. The molecule has 0 amide bonds. The van der Waals surface area contributed by atoms with Gasteiger partial charge in [0, 0.05) is 3.57 Å². The normalized spacial score (nSPS) is 14.3. The topological polar surface area (TPSA) is 20.2 Å². The van der Waals surface area contributed by atoms with E-state index in [-0.39, 0.29) is 5.82 Å². The number of benzene rings is 2. The highest BCUT2D eigenvalue weighted by molar-refractivity contribution is 14.1. The number of aryl methyl sites for hydroxylation is 1. The minimum atomic E-state index is -1.18. The van der Waals surface area contributed by atoms with Crippen LogP contribution >= 0.6 is 22.6 Å². The molecule has 0 saturated heterocycles. The molecular formula is C15H14FIO. The minimum Gasteiger partial charge on any atom is -0.381 e. The number of hydrogen-bond acceptors (Lipinski definition) is 1. The van der Waals surface area contributed by atoms with Crippen molar-refractivity contribution >= 4 is 22.6 Å². The van der Waals surface area contributed by atoms with Gasteiger partial charge in [-0.15, -0.1) is 0 Å². The monoisotopic (exact) mass is 356 g/mol. The molecule has 0 aliphatic rings. The zero-order chi connectivity index (χ0) is 13.3. The van der Waals surface area contributed by atoms with Crippen molar-refractivity contribution in [2.24, 2.45) is 0 Å². The second-order valence-electron chi connectivity index (χ2n) is 4.60. The third kappa shape index (κ3) is 2.72. The Balaban J connectivity index is 2.49. The van der Waals surface area contributed by atoms with Crippen molar-refractivity contribution in [2.45, 2.75) is 19.4 Å². The van der Waals surface area contributed by atoms with E-state index < -0.39 is 5.60 Å². The summed E-state index contributed by atoms with van der Waals surface area (Å²) in [6.45, 7) is 3.50. The Morgan fingerprint density at radius 2 is 1.67 bits per heavy atom. The number of halogens is 2. The van der Waals surface area contributed by atoms with Crippen molar-refractivity contribution in [3.63, 3.8) is 0 Å². The van der Waals surface area contributed by atoms with Crippen LogP contribution in [0.15, 0.2) is 42.5 Å². The van der Waals surface area contributed by atoms with Crippen LogP contribution < -0.4 is 0 Å². The van der Waals surface area contributed by atoms with Crippen molar-refractivity contribution in [1.82, 2.24) is 0 Å². The van der Waals surface area contributed by atoms with E-state index in [0.717, 1.165) is 14.7 Å². The van der Waals surface area contributed by atoms with E-state index in [9.17, 15) is 9.50 Å². The molecule has 1 nitrogen and oxygen atoms in total. The van der Waals surface area contributed by atoms with Gasteiger partial charge in [-0.05, 0) is 77.4 Å². The van der Waals surface area contributed by atoms with E-state index >= 15 is 0 Å². The van der Waals surface area contributed by atoms with E-state index in [1.165, 1.54) is 12.1 Å². The van der Waals surface area contributed by atoms with Gasteiger partial charge in [-0.3, -0.25) is 0 Å². The Morgan fingerprint density at radius 1 is 1.06 bits per heavy atom. The Kier molecular flexibility index (Phi) is 3.73. The lowest BCUT2D eigenvalue weighted by Gasteiger charge is -2.25. The van der Waals surface area contributed by atoms with Gasteiger partial charge in [0.2, 0.25) is 0 Å². The van der Waals surface area contributed by atoms with Gasteiger partial charge in [-0.1, -0.05) is 18.2 Å². The lowest BCUT2D eigenvalue weighted by Crippen LogP contribution is -2.23. The van der Waals surface area contributed by atoms with Gasteiger partial charge >= 0.3 is 0 Å². The van der Waals surface area contributed by atoms with Crippen LogP contribution in [0.5, 0.6) is 0 Å². The van der Waals surface area contributed by atoms with Crippen LogP contribution in [-0.4, -0.2) is 5.11 Å². The SMILES string of the molecule is Cc1cc(F)cc(C(C)(O)c2ccc(I)cc2)c1. The van der Waals surface area contributed by atoms with Gasteiger partial charge in [-0.25, -0.2) is 4.39 Å². The largest absolute Gasteiger partial charge is 0.381 e. The Morgan fingerprint density at radius 3 is 2.22 bits per heavy atom. The molecule has 18 heavy (non-hydrogen) atoms. The molecule has 1 atom stereocenters. The number of aliphatic hydroxyl groups is 1. The molecule has 0 saturated carbocycles. The first-order valence-electron chi connectivity index (χ1n) is 5.65. The second kappa shape index (κ2) is 4.97. The highest BCUT2D eigenvalue weighted by Gasteiger charge is 2.26. The summed E-state index contributed by atoms with van der Waals surface area (Å²) in [5, 5.41) is 10.6. The summed E-state index contributed by atoms with van der Waals surface area (Å²) >= 11 is 2.21. The Hall–Kier alpha value is -0.940. The maximum Gasteiger partial charge on any atom is 0.123 e. The average Bonchev–Trinajstić information content (AvgIpc) is 2.28. The molecule has 1 unspecified atom stereocenters. The highest BCUT2D eigenvalue weighted by Crippen LogP contribution is 2.30. The maximum atomic E-state index is 13.4. The first-order valence-corrected chi connectivity index (χ1v) is 6.73. The van der Waals surface area contributed by atoms with Crippen LogP contribution in [0.2, 0.25) is 0 Å². The summed E-state index contributed by atoms with van der Waals surface area (Å²) in [6, 6.07) is 12.2. The van der Waals surface area contributed by atoms with E-state index in [4.69, 9.17) is 0 Å². The predicted molar refractivity (Wildman–Crippen MR) is 79.0 cm³/mol. The van der Waals surface area contributed by atoms with Crippen molar-refractivity contribution in [2.75, 3.05) is 0 Å². The molecule has 2 rings (SSSR count). The van der Waals surface area contributed by atoms with Crippen molar-refractivity contribution in [3.8, 4) is 0 Å². The molecule has 94 valence electrons. The predicted octanol–water partition coefficient (Wildman–Crippen LogP) is 3.99. The lowest BCUT2D eigenvalue weighted by molar-refractivity contribution is 0.102. The summed E-state index contributed by atoms with van der Waals surface area (Å²) < 4.78 is 14.5. The molecular weight excluding hydrogens is 342 g/mol. The van der Waals surface area contributed by atoms with Crippen LogP contribution in [0.1, 0.15) is 23.6 Å². The van der Waals surface area contributed by atoms with Crippen molar-refractivity contribution < 1.29 is 9.50 Å². The van der Waals surface area contributed by atoms with Crippen molar-refractivity contribution in [1.29, 1.82) is 0 Å². The average molecular weight is 356 g/mol. The first-order chi connectivity index (χ1) is 8.39. The van der Waals surface area contributed by atoms with E-state index in [1.54, 1.807) is 13.0 Å². The summed E-state index contributed by atoms with van der Waals surface area (Å²) in [5.41, 5.74) is 0.946. The van der Waals surface area contributed by atoms with Crippen LogP contribution in [0, 0.1) is 16.3 Å². The second-order valence-corrected chi connectivity index (χ2v) is 5.84. The van der Waals surface area contributed by atoms with E-state index in [1.807, 2.05) is 31.2 Å². The molecule has 0 aliphatic heterocycles. The zero-order valence-corrected chi connectivity index (χ0v) is 12.4. The fraction of sp³-hybridized carbons (Fsp3) is 0.200. The van der Waals surface area contributed by atoms with Gasteiger partial charge in [0.1, 0.15) is 11.4 Å². The van der Waals surface area contributed by atoms with E-state index in [0.29, 0.717) is 5.56 Å². The van der Waals surface area contributed by atoms with Crippen LogP contribution in [0.25, 0.3) is 0 Å². The third-order valence-corrected chi connectivity index (χ3v) is 3.73. The molecule has 2 aromatic rings. The lowest BCUT2D eigenvalue weighted by atomic mass is 9.87. The van der Waals surface area contributed by atoms with Gasteiger partial charge < -0.3 is 5.11 Å². The highest BCUT2D eigenvalue weighted by atomic mass is 127. The molecule has 0 aliphatic carbocycles. The molecule has 0 aromatic heterocycles. The molecule has 1 N–H and O–H groups in total. The first kappa shape index (κ1) is 13.5. The number of hydrogen-bond donors (Lipinski definition) is 1. The van der Waals surface area contributed by atoms with Gasteiger partial charge in [-0.2, -0.15) is 0 Å². The smallest absolute Gasteiger partial charge is 0.123 e.